The Morgan fingerprint density at radius 1 is 0.875 bits per heavy atom. The van der Waals surface area contributed by atoms with Crippen LogP contribution in [0.1, 0.15) is 1.43 Å². The van der Waals surface area contributed by atoms with Crippen molar-refractivity contribution in [1.82, 2.24) is 0 Å². The van der Waals surface area contributed by atoms with Crippen LogP contribution in [0.25, 0.3) is 0 Å². The van der Waals surface area contributed by atoms with Gasteiger partial charge in [-0.1, -0.05) is 0 Å². The Morgan fingerprint density at radius 2 is 1.25 bits per heavy atom. The molecule has 0 aromatic carbocycles. The van der Waals surface area contributed by atoms with E-state index < -0.39 is 40.6 Å². The predicted octanol–water partition coefficient (Wildman–Crippen LogP) is -1.43. The van der Waals surface area contributed by atoms with Gasteiger partial charge in [0.2, 0.25) is 0 Å². The van der Waals surface area contributed by atoms with Crippen molar-refractivity contribution in [2.75, 3.05) is 0 Å². The van der Waals surface area contributed by atoms with E-state index in [1.807, 2.05) is 0 Å². The van der Waals surface area contributed by atoms with Gasteiger partial charge in [0.15, 0.2) is 18.5 Å². The van der Waals surface area contributed by atoms with E-state index in [1.165, 1.54) is 0 Å². The van der Waals surface area contributed by atoms with Crippen LogP contribution < -0.4 is 18.9 Å². The maximum absolute atomic E-state index is 12.4. The van der Waals surface area contributed by atoms with Gasteiger partial charge >= 0.3 is 29.0 Å². The SMILES string of the molecule is O=S(=O)(O)C(F)C(F)C(F)C(F)C(F)F.[H-].[Li+]. The van der Waals surface area contributed by atoms with Gasteiger partial charge in [0.05, 0.1) is 0 Å². The summed E-state index contributed by atoms with van der Waals surface area (Å²) in [4.78, 5) is 0. The fourth-order valence-electron chi connectivity index (χ4n) is 0.623. The average molecular weight is 268 g/mol. The van der Waals surface area contributed by atoms with E-state index >= 15 is 0 Å². The van der Waals surface area contributed by atoms with Gasteiger partial charge in [0, 0.05) is 0 Å². The van der Waals surface area contributed by atoms with Gasteiger partial charge in [0.1, 0.15) is 0 Å². The van der Waals surface area contributed by atoms with E-state index in [1.54, 1.807) is 0 Å². The van der Waals surface area contributed by atoms with Crippen molar-refractivity contribution >= 4 is 10.1 Å². The number of halogens is 6. The minimum atomic E-state index is -5.60. The van der Waals surface area contributed by atoms with Crippen LogP contribution in [0.3, 0.4) is 0 Å². The monoisotopic (exact) mass is 268 g/mol. The van der Waals surface area contributed by atoms with Crippen molar-refractivity contribution in [2.24, 2.45) is 0 Å². The molecule has 0 bridgehead atoms. The van der Waals surface area contributed by atoms with Crippen molar-refractivity contribution in [1.29, 1.82) is 0 Å². The summed E-state index contributed by atoms with van der Waals surface area (Å²) >= 11 is 0. The van der Waals surface area contributed by atoms with E-state index in [0.29, 0.717) is 0 Å². The van der Waals surface area contributed by atoms with Crippen molar-refractivity contribution in [2.45, 2.75) is 30.4 Å². The van der Waals surface area contributed by atoms with Gasteiger partial charge in [-0.25, -0.2) is 26.3 Å². The molecule has 0 radical (unpaired) electrons. The van der Waals surface area contributed by atoms with Crippen LogP contribution >= 0.6 is 0 Å². The summed E-state index contributed by atoms with van der Waals surface area (Å²) < 4.78 is 100.0. The van der Waals surface area contributed by atoms with Gasteiger partial charge in [-0.3, -0.25) is 4.55 Å². The Labute approximate surface area is 101 Å². The Morgan fingerprint density at radius 3 is 1.50 bits per heavy atom. The molecule has 0 amide bonds. The minimum absolute atomic E-state index is 0. The fraction of sp³-hybridized carbons (Fsp3) is 1.00. The summed E-state index contributed by atoms with van der Waals surface area (Å²) in [7, 11) is -5.60. The topological polar surface area (TPSA) is 54.4 Å². The first kappa shape index (κ1) is 18.5. The van der Waals surface area contributed by atoms with Crippen LogP contribution in [0.4, 0.5) is 26.3 Å². The molecule has 4 atom stereocenters. The van der Waals surface area contributed by atoms with Crippen molar-refractivity contribution in [3.63, 3.8) is 0 Å². The van der Waals surface area contributed by atoms with Crippen LogP contribution in [-0.2, 0) is 10.1 Å². The van der Waals surface area contributed by atoms with Crippen LogP contribution in [0, 0.1) is 0 Å². The van der Waals surface area contributed by atoms with Gasteiger partial charge in [-0.2, -0.15) is 8.42 Å². The fourth-order valence-corrected chi connectivity index (χ4v) is 1.10. The van der Waals surface area contributed by atoms with E-state index in [4.69, 9.17) is 4.55 Å². The maximum Gasteiger partial charge on any atom is 1.00 e. The second-order valence-corrected chi connectivity index (χ2v) is 4.01. The maximum atomic E-state index is 12.4. The molecule has 0 aliphatic rings. The molecular formula is C5H7F6LiO3S. The summed E-state index contributed by atoms with van der Waals surface area (Å²) in [6.45, 7) is 0. The van der Waals surface area contributed by atoms with E-state index in [9.17, 15) is 34.8 Å². The second-order valence-electron chi connectivity index (χ2n) is 2.53. The van der Waals surface area contributed by atoms with Crippen molar-refractivity contribution in [3.8, 4) is 0 Å². The summed E-state index contributed by atoms with van der Waals surface area (Å²) in [6.07, 6.45) is -15.0. The molecule has 0 aliphatic carbocycles. The van der Waals surface area contributed by atoms with E-state index in [-0.39, 0.29) is 20.3 Å². The Balaban J connectivity index is -0.000000980. The molecule has 0 aromatic heterocycles. The molecule has 0 saturated carbocycles. The molecule has 1 N–H and O–H groups in total. The van der Waals surface area contributed by atoms with E-state index in [0.717, 1.165) is 0 Å². The Kier molecular flexibility index (Phi) is 7.77. The summed E-state index contributed by atoms with van der Waals surface area (Å²) in [5.74, 6) is 0. The molecule has 0 spiro atoms. The Bertz CT molecular complexity index is 304. The number of alkyl halides is 6. The number of hydrogen-bond acceptors (Lipinski definition) is 2. The third-order valence-electron chi connectivity index (χ3n) is 1.38. The largest absolute Gasteiger partial charge is 1.00 e. The molecule has 0 aromatic rings. The second kappa shape index (κ2) is 6.73. The van der Waals surface area contributed by atoms with Gasteiger partial charge in [-0.05, 0) is 0 Å². The molecule has 0 fully saturated rings. The molecule has 11 heteroatoms. The molecule has 94 valence electrons. The van der Waals surface area contributed by atoms with Gasteiger partial charge in [0.25, 0.3) is 11.9 Å². The van der Waals surface area contributed by atoms with Gasteiger partial charge < -0.3 is 1.43 Å². The first-order valence-corrected chi connectivity index (χ1v) is 4.90. The third kappa shape index (κ3) is 4.95. The normalized spacial score (nSPS) is 19.8. The zero-order valence-electron chi connectivity index (χ0n) is 8.83. The molecule has 3 nitrogen and oxygen atoms in total. The van der Waals surface area contributed by atoms with Crippen molar-refractivity contribution in [3.05, 3.63) is 0 Å². The summed E-state index contributed by atoms with van der Waals surface area (Å²) in [5.41, 5.74) is -3.80. The molecule has 0 rings (SSSR count). The molecule has 0 heterocycles. The van der Waals surface area contributed by atoms with Crippen LogP contribution in [0.15, 0.2) is 0 Å². The standard InChI is InChI=1S/C5H6F6O3S.Li.H/c6-1(2(7)4(9)10)3(8)5(11)15(12,13)14;;/h1-5H,(H,12,13,14);;/q;+1;-1. The molecule has 0 saturated heterocycles. The predicted molar refractivity (Wildman–Crippen MR) is 38.2 cm³/mol. The van der Waals surface area contributed by atoms with E-state index in [2.05, 4.69) is 0 Å². The van der Waals surface area contributed by atoms with Crippen LogP contribution in [-0.4, -0.2) is 43.4 Å². The van der Waals surface area contributed by atoms with Gasteiger partial charge in [-0.15, -0.1) is 0 Å². The minimum Gasteiger partial charge on any atom is -1.00 e. The quantitative estimate of drug-likeness (QED) is 0.378. The first-order chi connectivity index (χ1) is 6.59. The first-order valence-electron chi connectivity index (χ1n) is 3.39. The zero-order chi connectivity index (χ0) is 12.4. The molecule has 16 heavy (non-hydrogen) atoms. The average Bonchev–Trinajstić information content (AvgIpc) is 2.11. The summed E-state index contributed by atoms with van der Waals surface area (Å²) in [5, 5.41) is 0. The zero-order valence-corrected chi connectivity index (χ0v) is 8.64. The van der Waals surface area contributed by atoms with Crippen LogP contribution in [0.5, 0.6) is 0 Å². The molecule has 4 unspecified atom stereocenters. The number of rotatable bonds is 5. The molecular weight excluding hydrogens is 261 g/mol. The smallest absolute Gasteiger partial charge is 1.00 e. The third-order valence-corrected chi connectivity index (χ3v) is 2.21. The van der Waals surface area contributed by atoms with Crippen LogP contribution in [0.2, 0.25) is 0 Å². The van der Waals surface area contributed by atoms with Crippen molar-refractivity contribution < 1.29 is 59.6 Å². The Hall–Kier alpha value is 0.0874. The number of hydrogen-bond donors (Lipinski definition) is 1. The summed E-state index contributed by atoms with van der Waals surface area (Å²) in [6, 6.07) is 0. The molecule has 0 aliphatic heterocycles.